The fraction of sp³-hybridized carbons (Fsp3) is 0.212. The smallest absolute Gasteiger partial charge is 0.335 e. The number of likely N-dealkylation sites (tertiary alicyclic amines) is 1. The van der Waals surface area contributed by atoms with Crippen molar-refractivity contribution in [1.82, 2.24) is 19.4 Å². The summed E-state index contributed by atoms with van der Waals surface area (Å²) in [6, 6.07) is 21.2. The SMILES string of the molecule is CN1CC[C@H]1Cn1c(Cc2ccc(-c3cccc(OCc4ccc(C#N)cc4F)n3)cc2F)nc2ccc(C(=O)O)cc21. The molecule has 2 aromatic heterocycles. The molecule has 8 nitrogen and oxygen atoms in total. The monoisotopic (exact) mass is 579 g/mol. The summed E-state index contributed by atoms with van der Waals surface area (Å²) in [6.45, 7) is 1.55. The van der Waals surface area contributed by atoms with Gasteiger partial charge >= 0.3 is 5.97 Å². The van der Waals surface area contributed by atoms with Crippen molar-refractivity contribution in [2.24, 2.45) is 0 Å². The lowest BCUT2D eigenvalue weighted by Crippen LogP contribution is -2.47. The second kappa shape index (κ2) is 11.6. The first-order valence-electron chi connectivity index (χ1n) is 13.8. The van der Waals surface area contributed by atoms with Gasteiger partial charge in [0.1, 0.15) is 24.1 Å². The van der Waals surface area contributed by atoms with Crippen LogP contribution in [0.3, 0.4) is 0 Å². The van der Waals surface area contributed by atoms with E-state index in [2.05, 4.69) is 9.88 Å². The number of carboxylic acids is 1. The van der Waals surface area contributed by atoms with E-state index < -0.39 is 17.6 Å². The first-order chi connectivity index (χ1) is 20.8. The third kappa shape index (κ3) is 5.80. The lowest BCUT2D eigenvalue weighted by atomic mass is 10.0. The van der Waals surface area contributed by atoms with Gasteiger partial charge in [-0.25, -0.2) is 23.5 Å². The van der Waals surface area contributed by atoms with Crippen LogP contribution in [0.1, 0.15) is 39.3 Å². The standard InChI is InChI=1S/C33H27F2N5O3/c1-39-12-11-25(39)18-40-30-15-23(33(41)42)9-10-29(30)37-31(40)16-21-7-8-22(14-27(21)35)28-3-2-4-32(38-28)43-19-24-6-5-20(17-36)13-26(24)34/h2-10,13-15,25H,11-12,16,18-19H2,1H3,(H,41,42)/t25-/m0/s1. The lowest BCUT2D eigenvalue weighted by Gasteiger charge is -2.38. The topological polar surface area (TPSA) is 104 Å². The maximum Gasteiger partial charge on any atom is 0.335 e. The van der Waals surface area contributed by atoms with Gasteiger partial charge < -0.3 is 19.3 Å². The number of imidazole rings is 1. The van der Waals surface area contributed by atoms with Crippen LogP contribution < -0.4 is 4.74 Å². The minimum atomic E-state index is -1.01. The molecule has 0 unspecified atom stereocenters. The maximum atomic E-state index is 15.5. The zero-order chi connectivity index (χ0) is 30.1. The molecule has 1 saturated heterocycles. The zero-order valence-electron chi connectivity index (χ0n) is 23.3. The van der Waals surface area contributed by atoms with Crippen LogP contribution in [0.25, 0.3) is 22.3 Å². The van der Waals surface area contributed by atoms with Gasteiger partial charge in [0, 0.05) is 36.2 Å². The molecule has 0 spiro atoms. The molecule has 1 atom stereocenters. The van der Waals surface area contributed by atoms with Crippen LogP contribution in [0.4, 0.5) is 8.78 Å². The second-order valence-electron chi connectivity index (χ2n) is 10.6. The molecule has 3 aromatic carbocycles. The van der Waals surface area contributed by atoms with Gasteiger partial charge in [-0.05, 0) is 68.0 Å². The molecule has 1 aliphatic rings. The third-order valence-electron chi connectivity index (χ3n) is 7.88. The number of ether oxygens (including phenoxy) is 1. The Labute approximate surface area is 246 Å². The highest BCUT2D eigenvalue weighted by atomic mass is 19.1. The highest BCUT2D eigenvalue weighted by molar-refractivity contribution is 5.92. The Kier molecular flexibility index (Phi) is 7.57. The number of rotatable bonds is 9. The quantitative estimate of drug-likeness (QED) is 0.235. The van der Waals surface area contributed by atoms with E-state index >= 15 is 4.39 Å². The molecular weight excluding hydrogens is 552 g/mol. The summed E-state index contributed by atoms with van der Waals surface area (Å²) in [6.07, 6.45) is 1.25. The van der Waals surface area contributed by atoms with Crippen molar-refractivity contribution in [3.05, 3.63) is 113 Å². The fourth-order valence-corrected chi connectivity index (χ4v) is 5.22. The highest BCUT2D eigenvalue weighted by Crippen LogP contribution is 2.27. The average Bonchev–Trinajstić information content (AvgIpc) is 3.35. The predicted octanol–water partition coefficient (Wildman–Crippen LogP) is 5.82. The number of likely N-dealkylation sites (N-methyl/N-ethyl adjacent to an activating group) is 1. The first-order valence-corrected chi connectivity index (χ1v) is 13.8. The van der Waals surface area contributed by atoms with E-state index in [0.717, 1.165) is 19.0 Å². The molecule has 0 aliphatic carbocycles. The number of carboxylic acid groups (broad SMARTS) is 1. The molecular formula is C33H27F2N5O3. The van der Waals surface area contributed by atoms with Crippen molar-refractivity contribution in [2.75, 3.05) is 13.6 Å². The van der Waals surface area contributed by atoms with E-state index in [1.807, 2.05) is 17.7 Å². The predicted molar refractivity (Wildman–Crippen MR) is 156 cm³/mol. The molecule has 1 aliphatic heterocycles. The van der Waals surface area contributed by atoms with Gasteiger partial charge in [0.2, 0.25) is 5.88 Å². The summed E-state index contributed by atoms with van der Waals surface area (Å²) in [5, 5.41) is 18.4. The van der Waals surface area contributed by atoms with Crippen molar-refractivity contribution in [3.8, 4) is 23.2 Å². The number of hydrogen-bond donors (Lipinski definition) is 1. The van der Waals surface area contributed by atoms with Crippen molar-refractivity contribution < 1.29 is 23.4 Å². The number of carbonyl (C=O) groups is 1. The lowest BCUT2D eigenvalue weighted by molar-refractivity contribution is 0.0697. The van der Waals surface area contributed by atoms with E-state index in [1.54, 1.807) is 42.5 Å². The number of hydrogen-bond acceptors (Lipinski definition) is 6. The summed E-state index contributed by atoms with van der Waals surface area (Å²) < 4.78 is 37.4. The van der Waals surface area contributed by atoms with E-state index in [9.17, 15) is 14.3 Å². The van der Waals surface area contributed by atoms with Crippen LogP contribution in [-0.2, 0) is 19.6 Å². The van der Waals surface area contributed by atoms with Crippen molar-refractivity contribution >= 4 is 17.0 Å². The molecule has 5 aromatic rings. The van der Waals surface area contributed by atoms with E-state index in [4.69, 9.17) is 15.0 Å². The van der Waals surface area contributed by atoms with Crippen LogP contribution in [-0.4, -0.2) is 50.1 Å². The van der Waals surface area contributed by atoms with Gasteiger partial charge in [-0.15, -0.1) is 0 Å². The normalized spacial score (nSPS) is 14.8. The van der Waals surface area contributed by atoms with E-state index in [-0.39, 0.29) is 35.6 Å². The summed E-state index contributed by atoms with van der Waals surface area (Å²) in [5.74, 6) is -1.06. The van der Waals surface area contributed by atoms with Crippen LogP contribution in [0.15, 0.2) is 72.8 Å². The number of benzene rings is 3. The average molecular weight is 580 g/mol. The summed E-state index contributed by atoms with van der Waals surface area (Å²) in [5.41, 5.74) is 3.56. The highest BCUT2D eigenvalue weighted by Gasteiger charge is 2.26. The maximum absolute atomic E-state index is 15.5. The number of aromatic carboxylic acids is 1. The number of halogens is 2. The van der Waals surface area contributed by atoms with Crippen LogP contribution >= 0.6 is 0 Å². The van der Waals surface area contributed by atoms with Crippen molar-refractivity contribution in [2.45, 2.75) is 32.0 Å². The fourth-order valence-electron chi connectivity index (χ4n) is 5.22. The Bertz CT molecular complexity index is 1900. The molecule has 0 radical (unpaired) electrons. The van der Waals surface area contributed by atoms with Gasteiger partial charge in [-0.3, -0.25) is 0 Å². The molecule has 1 fully saturated rings. The molecule has 3 heterocycles. The van der Waals surface area contributed by atoms with Crippen molar-refractivity contribution in [1.29, 1.82) is 5.26 Å². The number of nitrogens with zero attached hydrogens (tertiary/aromatic N) is 5. The summed E-state index contributed by atoms with van der Waals surface area (Å²) >= 11 is 0. The number of aromatic nitrogens is 3. The third-order valence-corrected chi connectivity index (χ3v) is 7.88. The Balaban J connectivity index is 1.23. The molecule has 0 saturated carbocycles. The van der Waals surface area contributed by atoms with Crippen LogP contribution in [0, 0.1) is 23.0 Å². The van der Waals surface area contributed by atoms with Gasteiger partial charge in [0.05, 0.1) is 33.9 Å². The van der Waals surface area contributed by atoms with Crippen LogP contribution in [0.2, 0.25) is 0 Å². The molecule has 216 valence electrons. The number of pyridine rings is 1. The van der Waals surface area contributed by atoms with Gasteiger partial charge in [0.15, 0.2) is 0 Å². The van der Waals surface area contributed by atoms with E-state index in [1.165, 1.54) is 24.3 Å². The Morgan fingerprint density at radius 3 is 2.56 bits per heavy atom. The molecule has 6 rings (SSSR count). The first kappa shape index (κ1) is 28.0. The summed E-state index contributed by atoms with van der Waals surface area (Å²) in [4.78, 5) is 23.1. The second-order valence-corrected chi connectivity index (χ2v) is 10.6. The largest absolute Gasteiger partial charge is 0.478 e. The molecule has 0 amide bonds. The van der Waals surface area contributed by atoms with Gasteiger partial charge in [-0.2, -0.15) is 5.26 Å². The molecule has 10 heteroatoms. The molecule has 0 bridgehead atoms. The Morgan fingerprint density at radius 1 is 1.05 bits per heavy atom. The van der Waals surface area contributed by atoms with Crippen LogP contribution in [0.5, 0.6) is 5.88 Å². The Morgan fingerprint density at radius 2 is 1.86 bits per heavy atom. The van der Waals surface area contributed by atoms with Crippen molar-refractivity contribution in [3.63, 3.8) is 0 Å². The number of nitriles is 1. The van der Waals surface area contributed by atoms with Gasteiger partial charge in [0.25, 0.3) is 0 Å². The summed E-state index contributed by atoms with van der Waals surface area (Å²) in [7, 11) is 2.05. The van der Waals surface area contributed by atoms with Gasteiger partial charge in [-0.1, -0.05) is 24.3 Å². The molecule has 43 heavy (non-hydrogen) atoms. The Hall–Kier alpha value is -5.14. The van der Waals surface area contributed by atoms with E-state index in [0.29, 0.717) is 46.3 Å². The minimum Gasteiger partial charge on any atom is -0.478 e. The minimum absolute atomic E-state index is 0.0765. The molecule has 1 N–H and O–H groups in total. The zero-order valence-corrected chi connectivity index (χ0v) is 23.3. The number of fused-ring (bicyclic) bond motifs is 1.